The minimum absolute atomic E-state index is 0.264. The lowest BCUT2D eigenvalue weighted by Gasteiger charge is -2.28. The van der Waals surface area contributed by atoms with Gasteiger partial charge in [-0.25, -0.2) is 0 Å². The zero-order valence-electron chi connectivity index (χ0n) is 18.1. The maximum absolute atomic E-state index is 13.0. The van der Waals surface area contributed by atoms with Gasteiger partial charge in [-0.3, -0.25) is 30.1 Å². The maximum atomic E-state index is 13.0. The van der Waals surface area contributed by atoms with Crippen LogP contribution in [0.1, 0.15) is 59.7 Å². The van der Waals surface area contributed by atoms with E-state index in [-0.39, 0.29) is 17.7 Å². The van der Waals surface area contributed by atoms with Crippen LogP contribution in [0.4, 0.5) is 5.69 Å². The summed E-state index contributed by atoms with van der Waals surface area (Å²) in [5, 5.41) is 1.33. The minimum atomic E-state index is -0.607. The van der Waals surface area contributed by atoms with Crippen molar-refractivity contribution in [2.45, 2.75) is 45.1 Å². The van der Waals surface area contributed by atoms with E-state index in [1.54, 1.807) is 36.0 Å². The highest BCUT2D eigenvalue weighted by atomic mass is 32.2. The van der Waals surface area contributed by atoms with Gasteiger partial charge in [-0.2, -0.15) is 11.8 Å². The Kier molecular flexibility index (Phi) is 7.92. The van der Waals surface area contributed by atoms with Crippen molar-refractivity contribution >= 4 is 45.9 Å². The second-order valence-electron chi connectivity index (χ2n) is 7.71. The van der Waals surface area contributed by atoms with Crippen molar-refractivity contribution in [3.05, 3.63) is 41.5 Å². The second-order valence-corrected chi connectivity index (χ2v) is 8.70. The predicted molar refractivity (Wildman–Crippen MR) is 126 cm³/mol. The third-order valence-electron chi connectivity index (χ3n) is 5.52. The molecule has 0 radical (unpaired) electrons. The second kappa shape index (κ2) is 10.6. The van der Waals surface area contributed by atoms with Crippen LogP contribution in [0.5, 0.6) is 0 Å². The van der Waals surface area contributed by atoms with Gasteiger partial charge in [0, 0.05) is 28.4 Å². The number of hydrogen-bond donors (Lipinski definition) is 3. The lowest BCUT2D eigenvalue weighted by Crippen LogP contribution is -2.43. The summed E-state index contributed by atoms with van der Waals surface area (Å²) in [6, 6.07) is 8.23. The van der Waals surface area contributed by atoms with E-state index in [4.69, 9.17) is 5.73 Å². The van der Waals surface area contributed by atoms with E-state index in [1.807, 2.05) is 12.3 Å². The molecule has 1 atom stereocenters. The van der Waals surface area contributed by atoms with Crippen molar-refractivity contribution in [2.24, 2.45) is 5.73 Å². The number of nitrogens with one attached hydrogen (secondary N) is 2. The molecule has 3 amide bonds. The van der Waals surface area contributed by atoms with Crippen molar-refractivity contribution in [3.8, 4) is 0 Å². The Bertz CT molecular complexity index is 956. The molecule has 0 aromatic heterocycles. The number of anilines is 1. The standard InChI is InChI=1S/C23H30N4O3S/c1-3-4-5-6-13-27-22(29)16-9-7-8-15-19(11-10-17(20(15)16)23(27)30)25-26-21(28)18(24)12-14-31-2/h7-11,18,25H,3-6,12-14,24H2,1-2H3,(H,26,28)/t18-/m0/s1. The number of thioether (sulfide) groups is 1. The third-order valence-corrected chi connectivity index (χ3v) is 6.16. The lowest BCUT2D eigenvalue weighted by molar-refractivity contribution is -0.121. The Morgan fingerprint density at radius 2 is 1.84 bits per heavy atom. The normalized spacial score (nSPS) is 14.1. The predicted octanol–water partition coefficient (Wildman–Crippen LogP) is 3.54. The molecule has 0 unspecified atom stereocenters. The van der Waals surface area contributed by atoms with Crippen molar-refractivity contribution in [3.63, 3.8) is 0 Å². The van der Waals surface area contributed by atoms with Gasteiger partial charge in [0.2, 0.25) is 0 Å². The summed E-state index contributed by atoms with van der Waals surface area (Å²) in [5.74, 6) is -0.0333. The van der Waals surface area contributed by atoms with Crippen LogP contribution >= 0.6 is 11.8 Å². The summed E-state index contributed by atoms with van der Waals surface area (Å²) in [6.07, 6.45) is 6.52. The average molecular weight is 443 g/mol. The highest BCUT2D eigenvalue weighted by molar-refractivity contribution is 7.98. The number of nitrogens with zero attached hydrogens (tertiary/aromatic N) is 1. The molecule has 1 heterocycles. The summed E-state index contributed by atoms with van der Waals surface area (Å²) in [4.78, 5) is 39.7. The Morgan fingerprint density at radius 1 is 1.10 bits per heavy atom. The molecule has 2 aromatic rings. The number of nitrogens with two attached hydrogens (primary N) is 1. The van der Waals surface area contributed by atoms with Gasteiger partial charge in [-0.05, 0) is 43.0 Å². The summed E-state index contributed by atoms with van der Waals surface area (Å²) < 4.78 is 0. The molecule has 0 bridgehead atoms. The van der Waals surface area contributed by atoms with Gasteiger partial charge >= 0.3 is 0 Å². The molecule has 3 rings (SSSR count). The van der Waals surface area contributed by atoms with Gasteiger partial charge in [0.15, 0.2) is 0 Å². The number of benzene rings is 2. The number of imide groups is 1. The lowest BCUT2D eigenvalue weighted by atomic mass is 9.93. The number of carbonyl (C=O) groups is 3. The molecule has 8 heteroatoms. The van der Waals surface area contributed by atoms with Crippen LogP contribution in [0.3, 0.4) is 0 Å². The molecule has 0 aliphatic carbocycles. The molecular weight excluding hydrogens is 412 g/mol. The highest BCUT2D eigenvalue weighted by Gasteiger charge is 2.32. The molecule has 1 aliphatic heterocycles. The highest BCUT2D eigenvalue weighted by Crippen LogP contribution is 2.34. The number of rotatable bonds is 11. The first kappa shape index (κ1) is 23.1. The van der Waals surface area contributed by atoms with Gasteiger partial charge in [0.25, 0.3) is 17.7 Å². The molecule has 0 fully saturated rings. The molecule has 7 nitrogen and oxygen atoms in total. The Labute approximate surface area is 187 Å². The van der Waals surface area contributed by atoms with E-state index in [0.29, 0.717) is 40.6 Å². The quantitative estimate of drug-likeness (QED) is 0.279. The van der Waals surface area contributed by atoms with Crippen molar-refractivity contribution in [1.82, 2.24) is 10.3 Å². The molecule has 31 heavy (non-hydrogen) atoms. The van der Waals surface area contributed by atoms with Crippen LogP contribution in [-0.2, 0) is 4.79 Å². The van der Waals surface area contributed by atoms with Crippen LogP contribution < -0.4 is 16.6 Å². The summed E-state index contributed by atoms with van der Waals surface area (Å²) in [5.41, 5.74) is 13.1. The SMILES string of the molecule is CCCCCCN1C(=O)c2cccc3c(NNC(=O)[C@@H](N)CCSC)ccc(c23)C1=O. The first-order chi connectivity index (χ1) is 15.0. The van der Waals surface area contributed by atoms with Gasteiger partial charge < -0.3 is 5.73 Å². The van der Waals surface area contributed by atoms with Crippen LogP contribution in [0.2, 0.25) is 0 Å². The number of hydrogen-bond acceptors (Lipinski definition) is 6. The van der Waals surface area contributed by atoms with Crippen molar-refractivity contribution < 1.29 is 14.4 Å². The van der Waals surface area contributed by atoms with Crippen molar-refractivity contribution in [1.29, 1.82) is 0 Å². The number of carbonyl (C=O) groups excluding carboxylic acids is 3. The first-order valence-corrected chi connectivity index (χ1v) is 12.1. The van der Waals surface area contributed by atoms with Crippen LogP contribution in [0, 0.1) is 0 Å². The third kappa shape index (κ3) is 5.02. The van der Waals surface area contributed by atoms with E-state index < -0.39 is 6.04 Å². The first-order valence-electron chi connectivity index (χ1n) is 10.7. The molecule has 166 valence electrons. The average Bonchev–Trinajstić information content (AvgIpc) is 2.78. The fraction of sp³-hybridized carbons (Fsp3) is 0.435. The zero-order valence-corrected chi connectivity index (χ0v) is 18.9. The van der Waals surface area contributed by atoms with E-state index in [2.05, 4.69) is 17.8 Å². The fourth-order valence-corrected chi connectivity index (χ4v) is 4.24. The number of hydrazine groups is 1. The topological polar surface area (TPSA) is 105 Å². The van der Waals surface area contributed by atoms with E-state index in [1.165, 1.54) is 4.90 Å². The molecule has 2 aromatic carbocycles. The van der Waals surface area contributed by atoms with Crippen LogP contribution in [-0.4, -0.2) is 47.2 Å². The molecular formula is C23H30N4O3S. The summed E-state index contributed by atoms with van der Waals surface area (Å²) in [7, 11) is 0. The largest absolute Gasteiger partial charge is 0.320 e. The van der Waals surface area contributed by atoms with E-state index in [0.717, 1.165) is 31.4 Å². The smallest absolute Gasteiger partial charge is 0.261 e. The van der Waals surface area contributed by atoms with Crippen LogP contribution in [0.15, 0.2) is 30.3 Å². The number of unbranched alkanes of at least 4 members (excludes halogenated alkanes) is 3. The monoisotopic (exact) mass is 442 g/mol. The summed E-state index contributed by atoms with van der Waals surface area (Å²) >= 11 is 1.64. The van der Waals surface area contributed by atoms with Gasteiger partial charge in [0.05, 0.1) is 11.7 Å². The summed E-state index contributed by atoms with van der Waals surface area (Å²) in [6.45, 7) is 2.55. The Hall–Kier alpha value is -2.58. The maximum Gasteiger partial charge on any atom is 0.261 e. The van der Waals surface area contributed by atoms with Crippen LogP contribution in [0.25, 0.3) is 10.8 Å². The minimum Gasteiger partial charge on any atom is -0.320 e. The molecule has 0 saturated carbocycles. The van der Waals surface area contributed by atoms with E-state index in [9.17, 15) is 14.4 Å². The van der Waals surface area contributed by atoms with Gasteiger partial charge in [-0.1, -0.05) is 38.3 Å². The molecule has 0 spiro atoms. The molecule has 1 aliphatic rings. The fourth-order valence-electron chi connectivity index (χ4n) is 3.75. The van der Waals surface area contributed by atoms with Crippen molar-refractivity contribution in [2.75, 3.05) is 24.0 Å². The van der Waals surface area contributed by atoms with Gasteiger partial charge in [-0.15, -0.1) is 0 Å². The molecule has 0 saturated heterocycles. The Balaban J connectivity index is 1.82. The van der Waals surface area contributed by atoms with E-state index >= 15 is 0 Å². The zero-order chi connectivity index (χ0) is 22.4. The number of amides is 3. The van der Waals surface area contributed by atoms with Gasteiger partial charge in [0.1, 0.15) is 0 Å². The Morgan fingerprint density at radius 3 is 2.55 bits per heavy atom. The molecule has 4 N–H and O–H groups in total.